The maximum atomic E-state index is 12.9. The second kappa shape index (κ2) is 3.71. The first-order valence-corrected chi connectivity index (χ1v) is 4.85. The fraction of sp³-hybridized carbons (Fsp3) is 1.00. The minimum Gasteiger partial charge on any atom is -0.372 e. The van der Waals surface area contributed by atoms with E-state index in [-0.39, 0.29) is 6.10 Å². The number of nitrogens with one attached hydrogen (secondary N) is 1. The Bertz CT molecular complexity index is 149. The molecule has 0 aromatic heterocycles. The van der Waals surface area contributed by atoms with E-state index in [1.165, 1.54) is 0 Å². The molecule has 0 aromatic carbocycles. The first-order valence-electron chi connectivity index (χ1n) is 4.85. The molecule has 2 unspecified atom stereocenters. The van der Waals surface area contributed by atoms with E-state index in [4.69, 9.17) is 4.74 Å². The molecule has 1 aliphatic heterocycles. The second-order valence-electron chi connectivity index (χ2n) is 3.80. The molecule has 0 amide bonds. The number of halogens is 1. The van der Waals surface area contributed by atoms with E-state index in [9.17, 15) is 4.39 Å². The molecule has 2 atom stereocenters. The molecule has 0 radical (unpaired) electrons. The van der Waals surface area contributed by atoms with Crippen LogP contribution in [0.5, 0.6) is 0 Å². The van der Waals surface area contributed by atoms with Crippen LogP contribution < -0.4 is 5.32 Å². The number of hydrogen-bond acceptors (Lipinski definition) is 2. The van der Waals surface area contributed by atoms with Crippen LogP contribution in [0.3, 0.4) is 0 Å². The molecule has 70 valence electrons. The zero-order chi connectivity index (χ0) is 8.39. The maximum absolute atomic E-state index is 12.9. The normalized spacial score (nSPS) is 37.8. The molecule has 0 aromatic rings. The summed E-state index contributed by atoms with van der Waals surface area (Å²) in [6.07, 6.45) is 3.35. The van der Waals surface area contributed by atoms with E-state index in [1.54, 1.807) is 0 Å². The molecule has 1 N–H and O–H groups in total. The van der Waals surface area contributed by atoms with Gasteiger partial charge in [0.2, 0.25) is 0 Å². The van der Waals surface area contributed by atoms with E-state index in [2.05, 4.69) is 5.32 Å². The molecule has 0 spiro atoms. The lowest BCUT2D eigenvalue weighted by molar-refractivity contribution is -0.0634. The molecular weight excluding hydrogens is 157 g/mol. The van der Waals surface area contributed by atoms with Crippen molar-refractivity contribution in [3.8, 4) is 0 Å². The molecule has 1 heterocycles. The predicted molar refractivity (Wildman–Crippen MR) is 44.9 cm³/mol. The Balaban J connectivity index is 1.71. The van der Waals surface area contributed by atoms with Crippen molar-refractivity contribution in [2.24, 2.45) is 0 Å². The van der Waals surface area contributed by atoms with Crippen molar-refractivity contribution in [3.63, 3.8) is 0 Å². The van der Waals surface area contributed by atoms with Crippen LogP contribution in [0, 0.1) is 0 Å². The topological polar surface area (TPSA) is 21.3 Å². The molecule has 1 saturated heterocycles. The average molecular weight is 173 g/mol. The van der Waals surface area contributed by atoms with Gasteiger partial charge in [-0.05, 0) is 19.3 Å². The van der Waals surface area contributed by atoms with Gasteiger partial charge in [0, 0.05) is 19.5 Å². The van der Waals surface area contributed by atoms with Gasteiger partial charge in [-0.3, -0.25) is 0 Å². The smallest absolute Gasteiger partial charge is 0.103 e. The van der Waals surface area contributed by atoms with E-state index in [1.807, 2.05) is 0 Å². The van der Waals surface area contributed by atoms with Crippen molar-refractivity contribution in [1.29, 1.82) is 0 Å². The molecule has 1 aliphatic carbocycles. The summed E-state index contributed by atoms with van der Waals surface area (Å²) in [5.41, 5.74) is 0. The molecule has 2 fully saturated rings. The standard InChI is InChI=1S/C9H16FNO/c10-7-2-1-3-8(4-7)12-9-5-11-6-9/h7-9,11H,1-6H2. The Hall–Kier alpha value is -0.150. The van der Waals surface area contributed by atoms with Crippen molar-refractivity contribution in [2.45, 2.75) is 44.1 Å². The van der Waals surface area contributed by atoms with E-state index < -0.39 is 6.17 Å². The molecule has 3 heteroatoms. The molecule has 1 saturated carbocycles. The average Bonchev–Trinajstić information content (AvgIpc) is 1.97. The minimum atomic E-state index is -0.614. The van der Waals surface area contributed by atoms with Gasteiger partial charge >= 0.3 is 0 Å². The van der Waals surface area contributed by atoms with Crippen LogP contribution in [0.4, 0.5) is 4.39 Å². The Labute approximate surface area is 72.5 Å². The molecule has 0 bridgehead atoms. The quantitative estimate of drug-likeness (QED) is 0.678. The highest BCUT2D eigenvalue weighted by Gasteiger charge is 2.26. The summed E-state index contributed by atoms with van der Waals surface area (Å²) in [5.74, 6) is 0. The van der Waals surface area contributed by atoms with Crippen LogP contribution in [0.15, 0.2) is 0 Å². The third-order valence-corrected chi connectivity index (χ3v) is 2.69. The molecule has 12 heavy (non-hydrogen) atoms. The zero-order valence-corrected chi connectivity index (χ0v) is 7.26. The van der Waals surface area contributed by atoms with Crippen LogP contribution in [-0.4, -0.2) is 31.5 Å². The van der Waals surface area contributed by atoms with Gasteiger partial charge < -0.3 is 10.1 Å². The van der Waals surface area contributed by atoms with Crippen molar-refractivity contribution in [3.05, 3.63) is 0 Å². The summed E-state index contributed by atoms with van der Waals surface area (Å²) < 4.78 is 18.6. The van der Waals surface area contributed by atoms with Gasteiger partial charge in [0.05, 0.1) is 12.2 Å². The van der Waals surface area contributed by atoms with Gasteiger partial charge in [-0.1, -0.05) is 0 Å². The lowest BCUT2D eigenvalue weighted by atomic mass is 9.96. The highest BCUT2D eigenvalue weighted by molar-refractivity contribution is 4.79. The van der Waals surface area contributed by atoms with Gasteiger partial charge in [-0.2, -0.15) is 0 Å². The SMILES string of the molecule is FC1CCCC(OC2CNC2)C1. The summed E-state index contributed by atoms with van der Waals surface area (Å²) in [4.78, 5) is 0. The summed E-state index contributed by atoms with van der Waals surface area (Å²) in [6, 6.07) is 0. The predicted octanol–water partition coefficient (Wildman–Crippen LogP) is 1.26. The molecule has 2 rings (SSSR count). The summed E-state index contributed by atoms with van der Waals surface area (Å²) in [7, 11) is 0. The third-order valence-electron chi connectivity index (χ3n) is 2.69. The zero-order valence-electron chi connectivity index (χ0n) is 7.26. The summed E-state index contributed by atoms with van der Waals surface area (Å²) in [5, 5.41) is 3.14. The monoisotopic (exact) mass is 173 g/mol. The van der Waals surface area contributed by atoms with Crippen molar-refractivity contribution in [1.82, 2.24) is 5.32 Å². The van der Waals surface area contributed by atoms with Crippen LogP contribution in [0.1, 0.15) is 25.7 Å². The van der Waals surface area contributed by atoms with Gasteiger partial charge in [0.1, 0.15) is 6.17 Å². The molecule has 2 nitrogen and oxygen atoms in total. The highest BCUT2D eigenvalue weighted by atomic mass is 19.1. The van der Waals surface area contributed by atoms with Crippen LogP contribution in [-0.2, 0) is 4.74 Å². The number of hydrogen-bond donors (Lipinski definition) is 1. The van der Waals surface area contributed by atoms with Gasteiger partial charge in [0.15, 0.2) is 0 Å². The first kappa shape index (κ1) is 8.45. The lowest BCUT2D eigenvalue weighted by Crippen LogP contribution is -2.50. The van der Waals surface area contributed by atoms with E-state index >= 15 is 0 Å². The first-order chi connectivity index (χ1) is 5.84. The van der Waals surface area contributed by atoms with Crippen molar-refractivity contribution >= 4 is 0 Å². The summed E-state index contributed by atoms with van der Waals surface area (Å²) in [6.45, 7) is 1.90. The largest absolute Gasteiger partial charge is 0.372 e. The number of ether oxygens (including phenoxy) is 1. The van der Waals surface area contributed by atoms with E-state index in [0.717, 1.165) is 32.4 Å². The fourth-order valence-corrected chi connectivity index (χ4v) is 1.84. The van der Waals surface area contributed by atoms with Crippen LogP contribution in [0.2, 0.25) is 0 Å². The van der Waals surface area contributed by atoms with Crippen molar-refractivity contribution < 1.29 is 9.13 Å². The summed E-state index contributed by atoms with van der Waals surface area (Å²) >= 11 is 0. The maximum Gasteiger partial charge on any atom is 0.103 e. The molecular formula is C9H16FNO. The van der Waals surface area contributed by atoms with Gasteiger partial charge in [-0.15, -0.1) is 0 Å². The van der Waals surface area contributed by atoms with Gasteiger partial charge in [-0.25, -0.2) is 4.39 Å². The fourth-order valence-electron chi connectivity index (χ4n) is 1.84. The Morgan fingerprint density at radius 3 is 2.58 bits per heavy atom. The third kappa shape index (κ3) is 1.96. The lowest BCUT2D eigenvalue weighted by Gasteiger charge is -2.33. The van der Waals surface area contributed by atoms with Crippen molar-refractivity contribution in [2.75, 3.05) is 13.1 Å². The van der Waals surface area contributed by atoms with Gasteiger partial charge in [0.25, 0.3) is 0 Å². The number of alkyl halides is 1. The van der Waals surface area contributed by atoms with Crippen LogP contribution in [0.25, 0.3) is 0 Å². The molecule has 2 aliphatic rings. The Morgan fingerprint density at radius 1 is 1.17 bits per heavy atom. The second-order valence-corrected chi connectivity index (χ2v) is 3.80. The number of rotatable bonds is 2. The van der Waals surface area contributed by atoms with Crippen LogP contribution >= 0.6 is 0 Å². The van der Waals surface area contributed by atoms with E-state index in [0.29, 0.717) is 12.5 Å². The highest BCUT2D eigenvalue weighted by Crippen LogP contribution is 2.24. The Kier molecular flexibility index (Phi) is 2.61. The minimum absolute atomic E-state index is 0.195. The Morgan fingerprint density at radius 2 is 2.00 bits per heavy atom.